The van der Waals surface area contributed by atoms with Crippen LogP contribution in [-0.2, 0) is 0 Å². The summed E-state index contributed by atoms with van der Waals surface area (Å²) in [6.07, 6.45) is 2.70. The van der Waals surface area contributed by atoms with Crippen LogP contribution in [0.4, 0.5) is 11.4 Å². The Balaban J connectivity index is 1.62. The number of nitriles is 1. The number of benzene rings is 2. The predicted molar refractivity (Wildman–Crippen MR) is 112 cm³/mol. The molecule has 0 saturated heterocycles. The van der Waals surface area contributed by atoms with Crippen molar-refractivity contribution < 1.29 is 9.21 Å². The molecule has 4 aromatic rings. The van der Waals surface area contributed by atoms with E-state index in [0.29, 0.717) is 44.7 Å². The Hall–Kier alpha value is -4.51. The highest BCUT2D eigenvalue weighted by atomic mass is 16.3. The second-order valence-electron chi connectivity index (χ2n) is 6.67. The van der Waals surface area contributed by atoms with Crippen molar-refractivity contribution in [2.24, 2.45) is 0 Å². The standard InChI is InChI=1S/C22H16N6O2/c1-12-6-13(9-23)10-26-21(12)22(29)28-15-3-4-17(24)16(8-15)20(25)14-2-5-19-18(7-14)27-11-30-19/h2-8,10-11,25H,24H2,1H3,(H,28,29). The minimum absolute atomic E-state index is 0.196. The number of nitrogens with two attached hydrogens (primary N) is 1. The Morgan fingerprint density at radius 1 is 1.20 bits per heavy atom. The monoisotopic (exact) mass is 396 g/mol. The molecule has 2 aromatic carbocycles. The number of carbonyl (C=O) groups excluding carboxylic acids is 1. The fourth-order valence-corrected chi connectivity index (χ4v) is 3.08. The van der Waals surface area contributed by atoms with Crippen LogP contribution < -0.4 is 11.1 Å². The predicted octanol–water partition coefficient (Wildman–Crippen LogP) is 3.65. The molecule has 30 heavy (non-hydrogen) atoms. The minimum atomic E-state index is -0.414. The number of carbonyl (C=O) groups is 1. The first-order valence-electron chi connectivity index (χ1n) is 8.96. The van der Waals surface area contributed by atoms with E-state index in [0.717, 1.165) is 0 Å². The highest BCUT2D eigenvalue weighted by Gasteiger charge is 2.15. The van der Waals surface area contributed by atoms with Crippen molar-refractivity contribution >= 4 is 34.1 Å². The van der Waals surface area contributed by atoms with E-state index < -0.39 is 5.91 Å². The van der Waals surface area contributed by atoms with Crippen LogP contribution in [0.2, 0.25) is 0 Å². The molecular formula is C22H16N6O2. The highest BCUT2D eigenvalue weighted by Crippen LogP contribution is 2.24. The van der Waals surface area contributed by atoms with E-state index >= 15 is 0 Å². The molecule has 0 radical (unpaired) electrons. The number of oxazole rings is 1. The van der Waals surface area contributed by atoms with Gasteiger partial charge in [0.05, 0.1) is 11.3 Å². The van der Waals surface area contributed by atoms with Crippen LogP contribution in [0.5, 0.6) is 0 Å². The zero-order valence-electron chi connectivity index (χ0n) is 15.9. The summed E-state index contributed by atoms with van der Waals surface area (Å²) in [5.41, 5.74) is 10.7. The van der Waals surface area contributed by atoms with Crippen LogP contribution in [0.25, 0.3) is 11.1 Å². The molecule has 146 valence electrons. The van der Waals surface area contributed by atoms with Gasteiger partial charge in [0, 0.05) is 28.7 Å². The van der Waals surface area contributed by atoms with Gasteiger partial charge in [-0.25, -0.2) is 9.97 Å². The summed E-state index contributed by atoms with van der Waals surface area (Å²) in [4.78, 5) is 20.8. The lowest BCUT2D eigenvalue weighted by Crippen LogP contribution is -2.16. The third-order valence-corrected chi connectivity index (χ3v) is 4.62. The summed E-state index contributed by atoms with van der Waals surface area (Å²) >= 11 is 0. The Labute approximate surface area is 171 Å². The number of aromatic nitrogens is 2. The van der Waals surface area contributed by atoms with Crippen LogP contribution in [0.3, 0.4) is 0 Å². The van der Waals surface area contributed by atoms with E-state index in [1.165, 1.54) is 12.6 Å². The van der Waals surface area contributed by atoms with Gasteiger partial charge in [0.2, 0.25) is 0 Å². The molecule has 4 N–H and O–H groups in total. The lowest BCUT2D eigenvalue weighted by Gasteiger charge is -2.12. The lowest BCUT2D eigenvalue weighted by atomic mass is 10.00. The van der Waals surface area contributed by atoms with Crippen molar-refractivity contribution in [2.75, 3.05) is 11.1 Å². The molecule has 4 rings (SSSR count). The van der Waals surface area contributed by atoms with Gasteiger partial charge >= 0.3 is 0 Å². The van der Waals surface area contributed by atoms with Gasteiger partial charge in [-0.05, 0) is 55.0 Å². The molecule has 0 atom stereocenters. The Morgan fingerprint density at radius 3 is 2.80 bits per heavy atom. The number of pyridine rings is 1. The number of rotatable bonds is 4. The fraction of sp³-hybridized carbons (Fsp3) is 0.0455. The first-order valence-corrected chi connectivity index (χ1v) is 8.96. The SMILES string of the molecule is Cc1cc(C#N)cnc1C(=O)Nc1ccc(N)c(C(=N)c2ccc3ocnc3c2)c1. The number of nitrogen functional groups attached to an aromatic ring is 1. The molecule has 0 unspecified atom stereocenters. The van der Waals surface area contributed by atoms with Gasteiger partial charge in [-0.1, -0.05) is 0 Å². The first-order chi connectivity index (χ1) is 14.5. The van der Waals surface area contributed by atoms with Gasteiger partial charge < -0.3 is 15.5 Å². The molecule has 8 heteroatoms. The lowest BCUT2D eigenvalue weighted by molar-refractivity contribution is 0.102. The van der Waals surface area contributed by atoms with Gasteiger partial charge in [0.1, 0.15) is 17.3 Å². The average Bonchev–Trinajstić information content (AvgIpc) is 3.22. The van der Waals surface area contributed by atoms with E-state index in [1.807, 2.05) is 6.07 Å². The third-order valence-electron chi connectivity index (χ3n) is 4.62. The molecule has 2 heterocycles. The number of hydrogen-bond acceptors (Lipinski definition) is 7. The number of anilines is 2. The summed E-state index contributed by atoms with van der Waals surface area (Å²) in [6, 6.07) is 13.8. The molecular weight excluding hydrogens is 380 g/mol. The summed E-state index contributed by atoms with van der Waals surface area (Å²) in [5, 5.41) is 20.3. The summed E-state index contributed by atoms with van der Waals surface area (Å²) in [7, 11) is 0. The van der Waals surface area contributed by atoms with Gasteiger partial charge in [0.15, 0.2) is 12.0 Å². The smallest absolute Gasteiger partial charge is 0.274 e. The number of hydrogen-bond donors (Lipinski definition) is 3. The van der Waals surface area contributed by atoms with Crippen LogP contribution in [0, 0.1) is 23.7 Å². The summed E-state index contributed by atoms with van der Waals surface area (Å²) < 4.78 is 5.23. The molecule has 0 saturated carbocycles. The molecule has 0 aliphatic carbocycles. The Bertz CT molecular complexity index is 1350. The highest BCUT2D eigenvalue weighted by molar-refractivity contribution is 6.15. The molecule has 0 aliphatic heterocycles. The summed E-state index contributed by atoms with van der Waals surface area (Å²) in [6.45, 7) is 1.72. The van der Waals surface area contributed by atoms with Crippen LogP contribution in [0.15, 0.2) is 59.5 Å². The second-order valence-corrected chi connectivity index (χ2v) is 6.67. The summed E-state index contributed by atoms with van der Waals surface area (Å²) in [5.74, 6) is -0.414. The maximum atomic E-state index is 12.6. The molecule has 2 aromatic heterocycles. The molecule has 1 amide bonds. The maximum Gasteiger partial charge on any atom is 0.274 e. The molecule has 0 spiro atoms. The number of aryl methyl sites for hydroxylation is 1. The Kier molecular flexibility index (Phi) is 4.70. The third kappa shape index (κ3) is 3.47. The topological polar surface area (TPSA) is 142 Å². The van der Waals surface area contributed by atoms with Crippen molar-refractivity contribution in [3.63, 3.8) is 0 Å². The van der Waals surface area contributed by atoms with E-state index in [9.17, 15) is 4.79 Å². The van der Waals surface area contributed by atoms with E-state index in [4.69, 9.17) is 20.8 Å². The van der Waals surface area contributed by atoms with Crippen molar-refractivity contribution in [1.29, 1.82) is 10.7 Å². The number of nitrogens with one attached hydrogen (secondary N) is 2. The number of fused-ring (bicyclic) bond motifs is 1. The molecule has 0 fully saturated rings. The molecule has 8 nitrogen and oxygen atoms in total. The van der Waals surface area contributed by atoms with Gasteiger partial charge in [-0.3, -0.25) is 10.2 Å². The van der Waals surface area contributed by atoms with Crippen molar-refractivity contribution in [3.8, 4) is 6.07 Å². The average molecular weight is 396 g/mol. The van der Waals surface area contributed by atoms with E-state index in [-0.39, 0.29) is 11.4 Å². The van der Waals surface area contributed by atoms with Crippen LogP contribution in [0.1, 0.15) is 32.7 Å². The maximum absolute atomic E-state index is 12.6. The number of amides is 1. The van der Waals surface area contributed by atoms with E-state index in [1.54, 1.807) is 49.4 Å². The van der Waals surface area contributed by atoms with Gasteiger partial charge in [-0.15, -0.1) is 0 Å². The molecule has 0 bridgehead atoms. The van der Waals surface area contributed by atoms with Crippen LogP contribution in [-0.4, -0.2) is 21.6 Å². The Morgan fingerprint density at radius 2 is 2.03 bits per heavy atom. The minimum Gasteiger partial charge on any atom is -0.443 e. The first kappa shape index (κ1) is 18.8. The van der Waals surface area contributed by atoms with Crippen molar-refractivity contribution in [3.05, 3.63) is 83.0 Å². The van der Waals surface area contributed by atoms with Crippen molar-refractivity contribution in [1.82, 2.24) is 9.97 Å². The number of nitrogens with zero attached hydrogens (tertiary/aromatic N) is 3. The zero-order valence-corrected chi connectivity index (χ0v) is 15.9. The normalized spacial score (nSPS) is 10.5. The van der Waals surface area contributed by atoms with Gasteiger partial charge in [-0.2, -0.15) is 5.26 Å². The fourth-order valence-electron chi connectivity index (χ4n) is 3.08. The van der Waals surface area contributed by atoms with E-state index in [2.05, 4.69) is 15.3 Å². The largest absolute Gasteiger partial charge is 0.443 e. The quantitative estimate of drug-likeness (QED) is 0.355. The van der Waals surface area contributed by atoms with Gasteiger partial charge in [0.25, 0.3) is 5.91 Å². The zero-order chi connectivity index (χ0) is 21.3. The van der Waals surface area contributed by atoms with Crippen molar-refractivity contribution in [2.45, 2.75) is 6.92 Å². The molecule has 0 aliphatic rings. The van der Waals surface area contributed by atoms with Crippen LogP contribution >= 0.6 is 0 Å². The second kappa shape index (κ2) is 7.48.